The van der Waals surface area contributed by atoms with E-state index in [9.17, 15) is 0 Å². The molecule has 0 aliphatic heterocycles. The van der Waals surface area contributed by atoms with Crippen LogP contribution in [0.15, 0.2) is 11.6 Å². The average Bonchev–Trinajstić information content (AvgIpc) is 2.34. The summed E-state index contributed by atoms with van der Waals surface area (Å²) in [5.41, 5.74) is 1.14. The molecule has 9 heavy (non-hydrogen) atoms. The second-order valence-electron chi connectivity index (χ2n) is 1.84. The van der Waals surface area contributed by atoms with E-state index >= 15 is 0 Å². The number of hydrogen-bond donors (Lipinski definition) is 1. The average molecular weight is 142 g/mol. The van der Waals surface area contributed by atoms with Crippen LogP contribution in [-0.2, 0) is 0 Å². The minimum atomic E-state index is 1.04. The molecule has 50 valence electrons. The summed E-state index contributed by atoms with van der Waals surface area (Å²) < 4.78 is 3.95. The molecule has 1 rings (SSSR count). The summed E-state index contributed by atoms with van der Waals surface area (Å²) >= 11 is 1.48. The molecule has 1 heterocycles. The lowest BCUT2D eigenvalue weighted by molar-refractivity contribution is 0.980. The van der Waals surface area contributed by atoms with Crippen molar-refractivity contribution in [3.05, 3.63) is 11.6 Å². The highest BCUT2D eigenvalue weighted by Crippen LogP contribution is 2.06. The largest absolute Gasteiger partial charge is 0.383 e. The van der Waals surface area contributed by atoms with Gasteiger partial charge < -0.3 is 5.32 Å². The maximum atomic E-state index is 3.95. The Morgan fingerprint density at radius 1 is 1.78 bits per heavy atom. The van der Waals surface area contributed by atoms with E-state index in [2.05, 4.69) is 16.6 Å². The van der Waals surface area contributed by atoms with Gasteiger partial charge in [0.05, 0.1) is 11.9 Å². The Balaban J connectivity index is 2.30. The van der Waals surface area contributed by atoms with Gasteiger partial charge in [0.1, 0.15) is 0 Å². The van der Waals surface area contributed by atoms with Crippen LogP contribution in [0.4, 0.5) is 5.69 Å². The molecule has 0 radical (unpaired) electrons. The Hall–Kier alpha value is -0.570. The molecule has 0 aliphatic rings. The number of anilines is 1. The molecule has 0 unspecified atom stereocenters. The summed E-state index contributed by atoms with van der Waals surface area (Å²) in [4.78, 5) is 0. The van der Waals surface area contributed by atoms with Gasteiger partial charge in [-0.1, -0.05) is 6.92 Å². The van der Waals surface area contributed by atoms with E-state index in [4.69, 9.17) is 0 Å². The van der Waals surface area contributed by atoms with Gasteiger partial charge >= 0.3 is 0 Å². The molecule has 0 fully saturated rings. The normalized spacial score (nSPS) is 9.44. The molecule has 0 aliphatic carbocycles. The van der Waals surface area contributed by atoms with Crippen molar-refractivity contribution in [1.29, 1.82) is 0 Å². The van der Waals surface area contributed by atoms with Crippen LogP contribution in [0.3, 0.4) is 0 Å². The van der Waals surface area contributed by atoms with Gasteiger partial charge in [0, 0.05) is 11.9 Å². The van der Waals surface area contributed by atoms with E-state index < -0.39 is 0 Å². The van der Waals surface area contributed by atoms with Gasteiger partial charge in [0.15, 0.2) is 0 Å². The molecular formula is C6H10N2S. The van der Waals surface area contributed by atoms with E-state index in [1.165, 1.54) is 11.5 Å². The highest BCUT2D eigenvalue weighted by molar-refractivity contribution is 7.04. The first kappa shape index (κ1) is 6.55. The lowest BCUT2D eigenvalue weighted by atomic mass is 10.4. The van der Waals surface area contributed by atoms with Gasteiger partial charge in [-0.15, -0.1) is 0 Å². The summed E-state index contributed by atoms with van der Waals surface area (Å²) in [6, 6.07) is 0. The molecule has 0 saturated heterocycles. The van der Waals surface area contributed by atoms with Crippen LogP contribution in [0.5, 0.6) is 0 Å². The predicted octanol–water partition coefficient (Wildman–Crippen LogP) is 1.96. The van der Waals surface area contributed by atoms with E-state index in [0.717, 1.165) is 18.7 Å². The van der Waals surface area contributed by atoms with Gasteiger partial charge in [-0.3, -0.25) is 0 Å². The van der Waals surface area contributed by atoms with E-state index in [1.54, 1.807) is 0 Å². The van der Waals surface area contributed by atoms with Gasteiger partial charge in [0.25, 0.3) is 0 Å². The molecule has 2 nitrogen and oxygen atoms in total. The fourth-order valence-corrected chi connectivity index (χ4v) is 1.05. The summed E-state index contributed by atoms with van der Waals surface area (Å²) in [7, 11) is 0. The molecule has 0 amide bonds. The molecule has 1 N–H and O–H groups in total. The van der Waals surface area contributed by atoms with Crippen molar-refractivity contribution >= 4 is 17.2 Å². The maximum Gasteiger partial charge on any atom is 0.0652 e. The Labute approximate surface area is 59.1 Å². The van der Waals surface area contributed by atoms with Gasteiger partial charge in [0.2, 0.25) is 0 Å². The van der Waals surface area contributed by atoms with Crippen LogP contribution in [0.25, 0.3) is 0 Å². The Morgan fingerprint density at radius 2 is 2.67 bits per heavy atom. The van der Waals surface area contributed by atoms with Gasteiger partial charge in [-0.2, -0.15) is 4.37 Å². The van der Waals surface area contributed by atoms with Crippen molar-refractivity contribution in [2.75, 3.05) is 11.9 Å². The fourth-order valence-electron chi connectivity index (χ4n) is 0.561. The predicted molar refractivity (Wildman–Crippen MR) is 40.9 cm³/mol. The first-order valence-corrected chi connectivity index (χ1v) is 3.90. The SMILES string of the molecule is CCCNc1cnsc1. The van der Waals surface area contributed by atoms with Crippen molar-refractivity contribution in [2.45, 2.75) is 13.3 Å². The minimum Gasteiger partial charge on any atom is -0.383 e. The molecule has 1 aromatic heterocycles. The Kier molecular flexibility index (Phi) is 2.51. The van der Waals surface area contributed by atoms with Crippen LogP contribution >= 0.6 is 11.5 Å². The topological polar surface area (TPSA) is 24.9 Å². The molecule has 0 atom stereocenters. The Morgan fingerprint density at radius 3 is 3.22 bits per heavy atom. The fraction of sp³-hybridized carbons (Fsp3) is 0.500. The second kappa shape index (κ2) is 3.45. The zero-order chi connectivity index (χ0) is 6.53. The van der Waals surface area contributed by atoms with E-state index in [1.807, 2.05) is 11.6 Å². The maximum absolute atomic E-state index is 3.95. The van der Waals surface area contributed by atoms with E-state index in [0.29, 0.717) is 0 Å². The Bertz CT molecular complexity index is 148. The smallest absolute Gasteiger partial charge is 0.0652 e. The third-order valence-corrected chi connectivity index (χ3v) is 1.60. The standard InChI is InChI=1S/C6H10N2S/c1-2-3-7-6-4-8-9-5-6/h4-5,7H,2-3H2,1H3. The van der Waals surface area contributed by atoms with Crippen molar-refractivity contribution in [3.63, 3.8) is 0 Å². The van der Waals surface area contributed by atoms with Crippen LogP contribution in [-0.4, -0.2) is 10.9 Å². The van der Waals surface area contributed by atoms with Crippen LogP contribution in [0.2, 0.25) is 0 Å². The quantitative estimate of drug-likeness (QED) is 0.698. The summed E-state index contributed by atoms with van der Waals surface area (Å²) in [6.45, 7) is 3.19. The molecule has 0 aromatic carbocycles. The first-order valence-electron chi connectivity index (χ1n) is 3.06. The van der Waals surface area contributed by atoms with Crippen molar-refractivity contribution in [3.8, 4) is 0 Å². The number of aromatic nitrogens is 1. The summed E-state index contributed by atoms with van der Waals surface area (Å²) in [5, 5.41) is 5.23. The first-order chi connectivity index (χ1) is 4.43. The highest BCUT2D eigenvalue weighted by atomic mass is 32.1. The van der Waals surface area contributed by atoms with Gasteiger partial charge in [-0.25, -0.2) is 0 Å². The summed E-state index contributed by atoms with van der Waals surface area (Å²) in [6.07, 6.45) is 3.01. The zero-order valence-corrected chi connectivity index (χ0v) is 6.24. The number of nitrogens with one attached hydrogen (secondary N) is 1. The van der Waals surface area contributed by atoms with Crippen molar-refractivity contribution in [1.82, 2.24) is 4.37 Å². The van der Waals surface area contributed by atoms with Gasteiger partial charge in [-0.05, 0) is 18.0 Å². The number of rotatable bonds is 3. The minimum absolute atomic E-state index is 1.04. The number of hydrogen-bond acceptors (Lipinski definition) is 3. The van der Waals surface area contributed by atoms with E-state index in [-0.39, 0.29) is 0 Å². The molecule has 0 bridgehead atoms. The van der Waals surface area contributed by atoms with Crippen LogP contribution in [0, 0.1) is 0 Å². The highest BCUT2D eigenvalue weighted by Gasteiger charge is 1.87. The number of nitrogens with zero attached hydrogens (tertiary/aromatic N) is 1. The molecule has 0 spiro atoms. The second-order valence-corrected chi connectivity index (χ2v) is 2.50. The molecular weight excluding hydrogens is 132 g/mol. The lowest BCUT2D eigenvalue weighted by Crippen LogP contribution is -1.97. The third kappa shape index (κ3) is 2.01. The van der Waals surface area contributed by atoms with Crippen molar-refractivity contribution < 1.29 is 0 Å². The summed E-state index contributed by atoms with van der Waals surface area (Å²) in [5.74, 6) is 0. The van der Waals surface area contributed by atoms with Crippen LogP contribution in [0.1, 0.15) is 13.3 Å². The molecule has 0 saturated carbocycles. The monoisotopic (exact) mass is 142 g/mol. The van der Waals surface area contributed by atoms with Crippen molar-refractivity contribution in [2.24, 2.45) is 0 Å². The van der Waals surface area contributed by atoms with Crippen LogP contribution < -0.4 is 5.32 Å². The molecule has 3 heteroatoms. The molecule has 1 aromatic rings. The third-order valence-electron chi connectivity index (χ3n) is 1.01. The zero-order valence-electron chi connectivity index (χ0n) is 5.42. The lowest BCUT2D eigenvalue weighted by Gasteiger charge is -1.96.